The molecule has 0 saturated heterocycles. The molecule has 0 aliphatic carbocycles. The summed E-state index contributed by atoms with van der Waals surface area (Å²) in [7, 11) is 1.55. The van der Waals surface area contributed by atoms with Gasteiger partial charge in [-0.1, -0.05) is 41.4 Å². The lowest BCUT2D eigenvalue weighted by molar-refractivity contribution is 0.197. The van der Waals surface area contributed by atoms with E-state index in [1.807, 2.05) is 24.3 Å². The van der Waals surface area contributed by atoms with E-state index in [0.717, 1.165) is 10.1 Å². The van der Waals surface area contributed by atoms with Gasteiger partial charge in [0.15, 0.2) is 5.90 Å². The first-order chi connectivity index (χ1) is 16.9. The number of ether oxygens (including phenoxy) is 2. The molecule has 1 aliphatic heterocycles. The smallest absolute Gasteiger partial charge is 0.332 e. The Bertz CT molecular complexity index is 1350. The number of aliphatic hydroxyl groups is 1. The van der Waals surface area contributed by atoms with Gasteiger partial charge in [-0.2, -0.15) is 4.99 Å². The average molecular weight is 518 g/mol. The third kappa shape index (κ3) is 5.78. The fourth-order valence-electron chi connectivity index (χ4n) is 4.04. The fourth-order valence-corrected chi connectivity index (χ4v) is 4.35. The maximum Gasteiger partial charge on any atom is 0.332 e. The molecule has 3 aromatic rings. The highest BCUT2D eigenvalue weighted by atomic mass is 35.5. The number of fused-ring (bicyclic) bond motifs is 1. The number of rotatable bonds is 8. The van der Waals surface area contributed by atoms with Gasteiger partial charge in [-0.25, -0.2) is 4.79 Å². The normalized spacial score (nSPS) is 14.9. The zero-order chi connectivity index (χ0) is 24.9. The Hall–Kier alpha value is -3.07. The Kier molecular flexibility index (Phi) is 7.95. The molecular weight excluding hydrogens is 493 g/mol. The second-order valence-electron chi connectivity index (χ2n) is 8.16. The topological polar surface area (TPSA) is 95.0 Å². The zero-order valence-electron chi connectivity index (χ0n) is 19.1. The van der Waals surface area contributed by atoms with Gasteiger partial charge in [-0.15, -0.1) is 0 Å². The molecule has 0 amide bonds. The highest BCUT2D eigenvalue weighted by Gasteiger charge is 2.30. The molecule has 1 aromatic heterocycles. The van der Waals surface area contributed by atoms with Crippen molar-refractivity contribution in [3.8, 4) is 5.75 Å². The van der Waals surface area contributed by atoms with E-state index in [0.29, 0.717) is 40.1 Å². The van der Waals surface area contributed by atoms with E-state index < -0.39 is 11.2 Å². The van der Waals surface area contributed by atoms with Gasteiger partial charge in [0.2, 0.25) is 0 Å². The van der Waals surface area contributed by atoms with E-state index in [9.17, 15) is 14.7 Å². The summed E-state index contributed by atoms with van der Waals surface area (Å²) in [6, 6.07) is 14.5. The van der Waals surface area contributed by atoms with Crippen LogP contribution in [0.1, 0.15) is 11.1 Å². The molecule has 0 fully saturated rings. The molecule has 0 spiro atoms. The Morgan fingerprint density at radius 2 is 1.80 bits per heavy atom. The van der Waals surface area contributed by atoms with E-state index in [1.165, 1.54) is 4.57 Å². The zero-order valence-corrected chi connectivity index (χ0v) is 20.6. The predicted octanol–water partition coefficient (Wildman–Crippen LogP) is 3.39. The standard InChI is InChI=1S/C25H25Cl2N3O5/c1-29-22-21(24(32)30(9-10-31)25(29)33)14-17(13-16-5-7-18(26)8-6-16)23(28-22)35-12-11-34-20-4-2-3-19(27)15-20/h2-8,15,17,31H,9-14H2,1H3. The van der Waals surface area contributed by atoms with Crippen molar-refractivity contribution < 1.29 is 14.6 Å². The quantitative estimate of drug-likeness (QED) is 0.462. The summed E-state index contributed by atoms with van der Waals surface area (Å²) in [4.78, 5) is 30.3. The summed E-state index contributed by atoms with van der Waals surface area (Å²) in [5.74, 6) is 1.09. The molecule has 0 bridgehead atoms. The number of benzene rings is 2. The van der Waals surface area contributed by atoms with Crippen molar-refractivity contribution in [1.82, 2.24) is 9.13 Å². The minimum absolute atomic E-state index is 0.0749. The maximum absolute atomic E-state index is 13.1. The molecule has 10 heteroatoms. The van der Waals surface area contributed by atoms with E-state index in [2.05, 4.69) is 4.99 Å². The Balaban J connectivity index is 1.61. The Labute approximate surface area is 212 Å². The number of aliphatic imine (C=N–C) groups is 1. The molecule has 8 nitrogen and oxygen atoms in total. The first-order valence-electron chi connectivity index (χ1n) is 11.1. The molecule has 1 unspecified atom stereocenters. The van der Waals surface area contributed by atoms with Gasteiger partial charge in [-0.3, -0.25) is 13.9 Å². The molecule has 0 radical (unpaired) electrons. The van der Waals surface area contributed by atoms with E-state index >= 15 is 0 Å². The fraction of sp³-hybridized carbons (Fsp3) is 0.320. The van der Waals surface area contributed by atoms with Crippen LogP contribution in [0, 0.1) is 5.92 Å². The van der Waals surface area contributed by atoms with Crippen LogP contribution in [0.25, 0.3) is 0 Å². The predicted molar refractivity (Wildman–Crippen MR) is 135 cm³/mol. The van der Waals surface area contributed by atoms with Crippen LogP contribution in [0.2, 0.25) is 10.0 Å². The van der Waals surface area contributed by atoms with Gasteiger partial charge in [0.25, 0.3) is 5.56 Å². The Morgan fingerprint density at radius 1 is 1.06 bits per heavy atom. The first-order valence-corrected chi connectivity index (χ1v) is 11.9. The second-order valence-corrected chi connectivity index (χ2v) is 9.03. The van der Waals surface area contributed by atoms with Crippen LogP contribution in [-0.4, -0.2) is 40.0 Å². The molecular formula is C25H25Cl2N3O5. The number of halogens is 2. The van der Waals surface area contributed by atoms with Crippen molar-refractivity contribution in [2.45, 2.75) is 19.4 Å². The number of nitrogens with zero attached hydrogens (tertiary/aromatic N) is 3. The van der Waals surface area contributed by atoms with Gasteiger partial charge >= 0.3 is 5.69 Å². The van der Waals surface area contributed by atoms with Crippen molar-refractivity contribution in [1.29, 1.82) is 0 Å². The summed E-state index contributed by atoms with van der Waals surface area (Å²) < 4.78 is 14.1. The van der Waals surface area contributed by atoms with Crippen LogP contribution < -0.4 is 16.0 Å². The molecule has 1 atom stereocenters. The lowest BCUT2D eigenvalue weighted by Crippen LogP contribution is -2.43. The van der Waals surface area contributed by atoms with Crippen LogP contribution >= 0.6 is 23.2 Å². The monoisotopic (exact) mass is 517 g/mol. The molecule has 35 heavy (non-hydrogen) atoms. The van der Waals surface area contributed by atoms with Crippen molar-refractivity contribution >= 4 is 34.9 Å². The highest BCUT2D eigenvalue weighted by molar-refractivity contribution is 6.30. The van der Waals surface area contributed by atoms with Gasteiger partial charge in [0.1, 0.15) is 24.8 Å². The number of aromatic nitrogens is 2. The number of aliphatic hydroxyl groups excluding tert-OH is 1. The van der Waals surface area contributed by atoms with Gasteiger partial charge < -0.3 is 14.6 Å². The lowest BCUT2D eigenvalue weighted by Gasteiger charge is -2.26. The molecule has 184 valence electrons. The first kappa shape index (κ1) is 25.0. The van der Waals surface area contributed by atoms with Crippen LogP contribution in [0.3, 0.4) is 0 Å². The second kappa shape index (κ2) is 11.1. The van der Waals surface area contributed by atoms with Gasteiger partial charge in [0, 0.05) is 23.0 Å². The average Bonchev–Trinajstić information content (AvgIpc) is 2.85. The summed E-state index contributed by atoms with van der Waals surface area (Å²) >= 11 is 12.0. The van der Waals surface area contributed by atoms with Crippen LogP contribution in [0.4, 0.5) is 5.82 Å². The molecule has 1 aliphatic rings. The molecule has 0 saturated carbocycles. The highest BCUT2D eigenvalue weighted by Crippen LogP contribution is 2.28. The van der Waals surface area contributed by atoms with Gasteiger partial charge in [-0.05, 0) is 48.7 Å². The minimum atomic E-state index is -0.536. The molecule has 2 aromatic carbocycles. The minimum Gasteiger partial charge on any atom is -0.490 e. The molecule has 2 heterocycles. The third-order valence-electron chi connectivity index (χ3n) is 5.74. The summed E-state index contributed by atoms with van der Waals surface area (Å²) in [5.41, 5.74) is 0.452. The van der Waals surface area contributed by atoms with Crippen molar-refractivity contribution in [2.24, 2.45) is 18.0 Å². The largest absolute Gasteiger partial charge is 0.490 e. The van der Waals surface area contributed by atoms with E-state index in [1.54, 1.807) is 31.3 Å². The van der Waals surface area contributed by atoms with Crippen molar-refractivity contribution in [3.63, 3.8) is 0 Å². The van der Waals surface area contributed by atoms with Crippen LogP contribution in [0.5, 0.6) is 5.75 Å². The van der Waals surface area contributed by atoms with Gasteiger partial charge in [0.05, 0.1) is 18.7 Å². The third-order valence-corrected chi connectivity index (χ3v) is 6.23. The van der Waals surface area contributed by atoms with Crippen LogP contribution in [-0.2, 0) is 31.2 Å². The summed E-state index contributed by atoms with van der Waals surface area (Å²) in [6.45, 7) is 0.0885. The Morgan fingerprint density at radius 3 is 2.51 bits per heavy atom. The van der Waals surface area contributed by atoms with E-state index in [4.69, 9.17) is 32.7 Å². The molecule has 1 N–H and O–H groups in total. The van der Waals surface area contributed by atoms with Crippen molar-refractivity contribution in [2.75, 3.05) is 19.8 Å². The summed E-state index contributed by atoms with van der Waals surface area (Å²) in [5, 5.41) is 10.5. The lowest BCUT2D eigenvalue weighted by atomic mass is 9.91. The van der Waals surface area contributed by atoms with E-state index in [-0.39, 0.29) is 38.1 Å². The SMILES string of the molecule is Cn1c2c(c(=O)n(CCO)c1=O)CC(Cc1ccc(Cl)cc1)C(OCCOc1cccc(Cl)c1)=N2. The number of hydrogen-bond acceptors (Lipinski definition) is 6. The van der Waals surface area contributed by atoms with Crippen molar-refractivity contribution in [3.05, 3.63) is 90.5 Å². The maximum atomic E-state index is 13.1. The number of hydrogen-bond donors (Lipinski definition) is 1. The summed E-state index contributed by atoms with van der Waals surface area (Å²) in [6.07, 6.45) is 0.900. The van der Waals surface area contributed by atoms with Crippen LogP contribution in [0.15, 0.2) is 63.1 Å². The molecule has 4 rings (SSSR count).